The molecule has 0 fully saturated rings. The zero-order chi connectivity index (χ0) is 39.1. The number of carbonyl (C=O) groups excluding carboxylic acids is 1. The van der Waals surface area contributed by atoms with Gasteiger partial charge in [-0.25, -0.2) is 4.57 Å². The molecule has 2 atom stereocenters. The molecule has 0 bridgehead atoms. The van der Waals surface area contributed by atoms with Gasteiger partial charge in [-0.15, -0.1) is 0 Å². The Kier molecular flexibility index (Phi) is 35.9. The first kappa shape index (κ1) is 51.2. The molecule has 0 aromatic rings. The molecule has 0 rings (SSSR count). The number of phosphoric acid groups is 1. The van der Waals surface area contributed by atoms with Crippen LogP contribution in [0.25, 0.3) is 0 Å². The largest absolute Gasteiger partial charge is 0.472 e. The molecule has 1 N–H and O–H groups in total. The van der Waals surface area contributed by atoms with E-state index in [1.165, 1.54) is 57.8 Å². The Morgan fingerprint density at radius 2 is 1.09 bits per heavy atom. The molecule has 0 aromatic heterocycles. The van der Waals surface area contributed by atoms with Crippen LogP contribution in [0.5, 0.6) is 0 Å². The molecule has 0 saturated heterocycles. The molecule has 0 aliphatic rings. The number of likely N-dealkylation sites (N-methyl/N-ethyl adjacent to an activating group) is 1. The van der Waals surface area contributed by atoms with Gasteiger partial charge in [0.05, 0.1) is 34.4 Å². The van der Waals surface area contributed by atoms with Crippen molar-refractivity contribution in [2.75, 3.05) is 54.1 Å². The predicted octanol–water partition coefficient (Wildman–Crippen LogP) is 12.2. The number of quaternary nitrogens is 1. The Morgan fingerprint density at radius 3 is 1.64 bits per heavy atom. The van der Waals surface area contributed by atoms with Gasteiger partial charge in [0.25, 0.3) is 0 Å². The summed E-state index contributed by atoms with van der Waals surface area (Å²) in [5.41, 5.74) is 0. The SMILES string of the molecule is CC/C=C\C/C=C\C/C=C\CCCCCCCCCC(=O)OC(COCCCCCCCC/C=C\C/C=C\CCC)COP(=O)(O)OCC[N+](C)(C)C. The van der Waals surface area contributed by atoms with Crippen molar-refractivity contribution in [1.29, 1.82) is 0 Å². The number of unbranched alkanes of at least 4 members (excludes halogenated alkanes) is 14. The highest BCUT2D eigenvalue weighted by Gasteiger charge is 2.26. The molecule has 0 aliphatic heterocycles. The zero-order valence-electron chi connectivity index (χ0n) is 34.7. The van der Waals surface area contributed by atoms with E-state index in [0.717, 1.165) is 77.0 Å². The Labute approximate surface area is 326 Å². The van der Waals surface area contributed by atoms with Crippen LogP contribution in [0, 0.1) is 0 Å². The average molecular weight is 767 g/mol. The minimum Gasteiger partial charge on any atom is -0.457 e. The van der Waals surface area contributed by atoms with Gasteiger partial charge in [-0.1, -0.05) is 139 Å². The van der Waals surface area contributed by atoms with E-state index in [9.17, 15) is 14.3 Å². The van der Waals surface area contributed by atoms with Crippen LogP contribution in [0.4, 0.5) is 0 Å². The van der Waals surface area contributed by atoms with E-state index in [2.05, 4.69) is 74.6 Å². The molecule has 0 spiro atoms. The predicted molar refractivity (Wildman–Crippen MR) is 224 cm³/mol. The van der Waals surface area contributed by atoms with Gasteiger partial charge in [0.2, 0.25) is 0 Å². The Morgan fingerprint density at radius 1 is 0.604 bits per heavy atom. The Bertz CT molecular complexity index is 1030. The van der Waals surface area contributed by atoms with Crippen molar-refractivity contribution in [3.8, 4) is 0 Å². The number of hydrogen-bond donors (Lipinski definition) is 1. The molecule has 53 heavy (non-hydrogen) atoms. The molecule has 2 unspecified atom stereocenters. The van der Waals surface area contributed by atoms with Crippen molar-refractivity contribution in [2.45, 2.75) is 161 Å². The van der Waals surface area contributed by atoms with E-state index in [1.54, 1.807) is 0 Å². The van der Waals surface area contributed by atoms with Crippen molar-refractivity contribution in [3.05, 3.63) is 60.8 Å². The standard InChI is InChI=1S/C44H80NO7P/c1-6-8-10-12-14-16-18-20-22-23-24-25-27-29-31-33-35-37-44(46)52-43(42-51-53(47,48)50-40-38-45(3,4)5)41-49-39-36-34-32-30-28-26-21-19-17-15-13-11-9-7-2/h8,10-11,13-14,16-17,19-20,22,43H,6-7,9,12,15,18,21,23-42H2,1-5H3/p+1/b10-8-,13-11-,16-14-,19-17-,22-20-. The van der Waals surface area contributed by atoms with Crippen molar-refractivity contribution in [1.82, 2.24) is 0 Å². The van der Waals surface area contributed by atoms with E-state index in [4.69, 9.17) is 18.5 Å². The zero-order valence-corrected chi connectivity index (χ0v) is 35.6. The minimum atomic E-state index is -4.28. The lowest BCUT2D eigenvalue weighted by atomic mass is 10.1. The van der Waals surface area contributed by atoms with Crippen molar-refractivity contribution in [2.24, 2.45) is 0 Å². The van der Waals surface area contributed by atoms with Gasteiger partial charge in [-0.2, -0.15) is 0 Å². The van der Waals surface area contributed by atoms with Crippen LogP contribution < -0.4 is 0 Å². The third-order valence-electron chi connectivity index (χ3n) is 8.54. The first-order valence-electron chi connectivity index (χ1n) is 21.0. The highest BCUT2D eigenvalue weighted by atomic mass is 31.2. The smallest absolute Gasteiger partial charge is 0.457 e. The summed E-state index contributed by atoms with van der Waals surface area (Å²) < 4.78 is 34.9. The number of phosphoric ester groups is 1. The summed E-state index contributed by atoms with van der Waals surface area (Å²) in [5.74, 6) is -0.331. The lowest BCUT2D eigenvalue weighted by Crippen LogP contribution is -2.37. The summed E-state index contributed by atoms with van der Waals surface area (Å²) in [6.45, 7) is 5.40. The van der Waals surface area contributed by atoms with Crippen LogP contribution in [0.1, 0.15) is 155 Å². The summed E-state index contributed by atoms with van der Waals surface area (Å²) in [4.78, 5) is 22.9. The molecular weight excluding hydrogens is 685 g/mol. The third kappa shape index (κ3) is 41.2. The van der Waals surface area contributed by atoms with Gasteiger partial charge in [0.1, 0.15) is 19.3 Å². The molecule has 0 amide bonds. The topological polar surface area (TPSA) is 91.3 Å². The fraction of sp³-hybridized carbons (Fsp3) is 0.750. The maximum Gasteiger partial charge on any atom is 0.472 e. The molecule has 0 aliphatic carbocycles. The van der Waals surface area contributed by atoms with Gasteiger partial charge in [0.15, 0.2) is 0 Å². The van der Waals surface area contributed by atoms with Crippen LogP contribution in [-0.2, 0) is 27.9 Å². The number of ether oxygens (including phenoxy) is 2. The first-order chi connectivity index (χ1) is 25.6. The molecule has 0 aromatic carbocycles. The molecule has 0 radical (unpaired) electrons. The number of carbonyl (C=O) groups is 1. The van der Waals surface area contributed by atoms with E-state index < -0.39 is 13.9 Å². The maximum absolute atomic E-state index is 12.7. The Hall–Kier alpha value is -1.80. The Balaban J connectivity index is 4.29. The van der Waals surface area contributed by atoms with Gasteiger partial charge in [-0.3, -0.25) is 13.8 Å². The number of esters is 1. The van der Waals surface area contributed by atoms with Gasteiger partial charge in [0, 0.05) is 13.0 Å². The van der Waals surface area contributed by atoms with Crippen molar-refractivity contribution >= 4 is 13.8 Å². The fourth-order valence-corrected chi connectivity index (χ4v) is 6.05. The molecule has 308 valence electrons. The highest BCUT2D eigenvalue weighted by molar-refractivity contribution is 7.47. The van der Waals surface area contributed by atoms with Gasteiger partial charge < -0.3 is 18.9 Å². The van der Waals surface area contributed by atoms with Crippen LogP contribution in [0.3, 0.4) is 0 Å². The number of hydrogen-bond acceptors (Lipinski definition) is 6. The van der Waals surface area contributed by atoms with Crippen LogP contribution in [0.2, 0.25) is 0 Å². The van der Waals surface area contributed by atoms with Gasteiger partial charge in [-0.05, 0) is 70.6 Å². The van der Waals surface area contributed by atoms with Crippen LogP contribution >= 0.6 is 7.82 Å². The first-order valence-corrected chi connectivity index (χ1v) is 22.5. The quantitative estimate of drug-likeness (QED) is 0.0220. The maximum atomic E-state index is 12.7. The number of nitrogens with zero attached hydrogens (tertiary/aromatic N) is 1. The molecule has 0 saturated carbocycles. The minimum absolute atomic E-state index is 0.0815. The summed E-state index contributed by atoms with van der Waals surface area (Å²) in [5, 5.41) is 0. The van der Waals surface area contributed by atoms with Crippen LogP contribution in [-0.4, -0.2) is 75.6 Å². The lowest BCUT2D eigenvalue weighted by Gasteiger charge is -2.24. The monoisotopic (exact) mass is 767 g/mol. The molecule has 9 heteroatoms. The van der Waals surface area contributed by atoms with E-state index >= 15 is 0 Å². The second kappa shape index (κ2) is 37.1. The number of allylic oxidation sites excluding steroid dienone is 10. The summed E-state index contributed by atoms with van der Waals surface area (Å²) >= 11 is 0. The highest BCUT2D eigenvalue weighted by Crippen LogP contribution is 2.43. The number of rotatable bonds is 38. The average Bonchev–Trinajstić information content (AvgIpc) is 3.11. The van der Waals surface area contributed by atoms with E-state index in [-0.39, 0.29) is 25.8 Å². The molecular formula is C44H81NO7P+. The lowest BCUT2D eigenvalue weighted by molar-refractivity contribution is -0.870. The summed E-state index contributed by atoms with van der Waals surface area (Å²) in [6.07, 6.45) is 45.3. The molecule has 8 nitrogen and oxygen atoms in total. The molecule has 0 heterocycles. The van der Waals surface area contributed by atoms with E-state index in [1.807, 2.05) is 21.1 Å². The van der Waals surface area contributed by atoms with E-state index in [0.29, 0.717) is 24.1 Å². The fourth-order valence-electron chi connectivity index (χ4n) is 5.31. The second-order valence-electron chi connectivity index (χ2n) is 15.0. The van der Waals surface area contributed by atoms with Gasteiger partial charge >= 0.3 is 13.8 Å². The third-order valence-corrected chi connectivity index (χ3v) is 9.53. The summed E-state index contributed by atoms with van der Waals surface area (Å²) in [6, 6.07) is 0. The van der Waals surface area contributed by atoms with Crippen molar-refractivity contribution < 1.29 is 37.3 Å². The van der Waals surface area contributed by atoms with Crippen molar-refractivity contribution in [3.63, 3.8) is 0 Å². The van der Waals surface area contributed by atoms with Crippen LogP contribution in [0.15, 0.2) is 60.8 Å². The second-order valence-corrected chi connectivity index (χ2v) is 16.4. The summed E-state index contributed by atoms with van der Waals surface area (Å²) in [7, 11) is 1.64. The normalized spacial score (nSPS) is 14.5.